The number of carboxylic acid groups (broad SMARTS) is 1. The van der Waals surface area contributed by atoms with Crippen LogP contribution in [-0.2, 0) is 4.79 Å². The van der Waals surface area contributed by atoms with E-state index in [1.165, 1.54) is 32.1 Å². The van der Waals surface area contributed by atoms with Crippen LogP contribution in [0.5, 0.6) is 0 Å². The van der Waals surface area contributed by atoms with Crippen molar-refractivity contribution in [3.63, 3.8) is 0 Å². The molecule has 0 radical (unpaired) electrons. The van der Waals surface area contributed by atoms with Gasteiger partial charge in [-0.25, -0.2) is 0 Å². The maximum absolute atomic E-state index is 10.8. The number of hydrogen-bond acceptors (Lipinski definition) is 3. The minimum atomic E-state index is -0.959. The molecule has 1 N–H and O–H groups in total. The summed E-state index contributed by atoms with van der Waals surface area (Å²) in [5.41, 5.74) is 0. The summed E-state index contributed by atoms with van der Waals surface area (Å²) < 4.78 is 0. The van der Waals surface area contributed by atoms with Crippen molar-refractivity contribution in [1.29, 1.82) is 0 Å². The Morgan fingerprint density at radius 2 is 1.75 bits per heavy atom. The number of carbonyl (C=O) groups excluding carboxylic acids is 1. The van der Waals surface area contributed by atoms with Gasteiger partial charge in [0.05, 0.1) is 5.97 Å². The van der Waals surface area contributed by atoms with Crippen molar-refractivity contribution in [3.8, 4) is 0 Å². The van der Waals surface area contributed by atoms with Crippen LogP contribution in [0.1, 0.15) is 58.3 Å². The van der Waals surface area contributed by atoms with Gasteiger partial charge < -0.3 is 15.2 Å². The predicted molar refractivity (Wildman–Crippen MR) is 58.3 cm³/mol. The van der Waals surface area contributed by atoms with E-state index in [-0.39, 0.29) is 29.6 Å². The van der Waals surface area contributed by atoms with Crippen LogP contribution in [0.3, 0.4) is 0 Å². The van der Waals surface area contributed by atoms with E-state index in [1.54, 1.807) is 0 Å². The average Bonchev–Trinajstić information content (AvgIpc) is 2.15. The van der Waals surface area contributed by atoms with Crippen LogP contribution in [-0.4, -0.2) is 18.1 Å². The summed E-state index contributed by atoms with van der Waals surface area (Å²) in [6.45, 7) is 1.89. The number of carbonyl (C=O) groups is 1. The van der Waals surface area contributed by atoms with Crippen molar-refractivity contribution in [2.75, 3.05) is 0 Å². The van der Waals surface area contributed by atoms with Gasteiger partial charge in [-0.1, -0.05) is 39.0 Å². The number of aliphatic carboxylic acids is 1. The first-order valence-electron chi connectivity index (χ1n) is 6.21. The Balaban J connectivity index is 0.00000225. The average molecular weight is 235 g/mol. The van der Waals surface area contributed by atoms with Crippen molar-refractivity contribution < 1.29 is 39.5 Å². The van der Waals surface area contributed by atoms with E-state index in [0.29, 0.717) is 12.5 Å². The number of nitrogens with one attached hydrogen (secondary N) is 1. The van der Waals surface area contributed by atoms with Gasteiger partial charge in [0.15, 0.2) is 0 Å². The quantitative estimate of drug-likeness (QED) is 0.586. The Morgan fingerprint density at radius 3 is 2.19 bits per heavy atom. The molecule has 1 saturated carbocycles. The molecule has 0 aromatic rings. The van der Waals surface area contributed by atoms with Crippen molar-refractivity contribution in [1.82, 2.24) is 5.32 Å². The van der Waals surface area contributed by atoms with Crippen molar-refractivity contribution in [2.45, 2.75) is 70.4 Å². The molecule has 0 aromatic carbocycles. The molecule has 0 aliphatic heterocycles. The Hall–Kier alpha value is 0.430. The molecule has 1 aliphatic carbocycles. The third-order valence-corrected chi connectivity index (χ3v) is 3.23. The summed E-state index contributed by atoms with van der Waals surface area (Å²) in [5.74, 6) is -0.959. The van der Waals surface area contributed by atoms with Crippen LogP contribution >= 0.6 is 0 Å². The molecule has 3 nitrogen and oxygen atoms in total. The first kappa shape index (κ1) is 16.4. The second-order valence-electron chi connectivity index (χ2n) is 4.49. The zero-order valence-electron chi connectivity index (χ0n) is 10.6. The second kappa shape index (κ2) is 9.46. The van der Waals surface area contributed by atoms with Gasteiger partial charge >= 0.3 is 29.6 Å². The zero-order chi connectivity index (χ0) is 11.1. The maximum Gasteiger partial charge on any atom is 1.00 e. The van der Waals surface area contributed by atoms with Crippen LogP contribution in [0.25, 0.3) is 0 Å². The molecule has 0 spiro atoms. The van der Waals surface area contributed by atoms with Gasteiger partial charge in [-0.05, 0) is 19.3 Å². The maximum atomic E-state index is 10.8. The van der Waals surface area contributed by atoms with Gasteiger partial charge in [-0.3, -0.25) is 0 Å². The zero-order valence-corrected chi connectivity index (χ0v) is 12.6. The van der Waals surface area contributed by atoms with Crippen LogP contribution in [0.4, 0.5) is 0 Å². The number of carboxylic acids is 1. The third kappa shape index (κ3) is 6.24. The molecule has 0 heterocycles. The minimum Gasteiger partial charge on any atom is -0.548 e. The molecule has 16 heavy (non-hydrogen) atoms. The van der Waals surface area contributed by atoms with Crippen LogP contribution in [0.2, 0.25) is 0 Å². The molecule has 0 saturated heterocycles. The molecule has 88 valence electrons. The van der Waals surface area contributed by atoms with E-state index in [4.69, 9.17) is 0 Å². The first-order valence-corrected chi connectivity index (χ1v) is 6.21. The molecular weight excluding hydrogens is 213 g/mol. The van der Waals surface area contributed by atoms with E-state index in [1.807, 2.05) is 6.92 Å². The van der Waals surface area contributed by atoms with E-state index >= 15 is 0 Å². The summed E-state index contributed by atoms with van der Waals surface area (Å²) in [7, 11) is 0. The van der Waals surface area contributed by atoms with E-state index in [9.17, 15) is 9.90 Å². The molecule has 0 amide bonds. The fourth-order valence-corrected chi connectivity index (χ4v) is 2.26. The minimum absolute atomic E-state index is 0. The standard InChI is InChI=1S/C12H23NO2.Na/c1-2-11(12(14)15)13-10-8-6-4-3-5-7-9-10;/h10-11,13H,2-9H2,1H3,(H,14,15);/q;+1/p-1. The Kier molecular flexibility index (Phi) is 9.71. The van der Waals surface area contributed by atoms with Gasteiger partial charge in [0.2, 0.25) is 0 Å². The van der Waals surface area contributed by atoms with Crippen LogP contribution < -0.4 is 40.0 Å². The molecule has 1 fully saturated rings. The van der Waals surface area contributed by atoms with Crippen LogP contribution in [0.15, 0.2) is 0 Å². The molecule has 4 heteroatoms. The van der Waals surface area contributed by atoms with E-state index in [0.717, 1.165) is 12.8 Å². The van der Waals surface area contributed by atoms with Crippen molar-refractivity contribution in [2.24, 2.45) is 0 Å². The van der Waals surface area contributed by atoms with E-state index in [2.05, 4.69) is 5.32 Å². The third-order valence-electron chi connectivity index (χ3n) is 3.23. The van der Waals surface area contributed by atoms with Gasteiger partial charge in [-0.15, -0.1) is 0 Å². The largest absolute Gasteiger partial charge is 1.00 e. The Morgan fingerprint density at radius 1 is 1.25 bits per heavy atom. The summed E-state index contributed by atoms with van der Waals surface area (Å²) in [6.07, 6.45) is 9.21. The molecular formula is C12H22NNaO2. The van der Waals surface area contributed by atoms with Crippen molar-refractivity contribution in [3.05, 3.63) is 0 Å². The molecule has 0 aromatic heterocycles. The number of hydrogen-bond donors (Lipinski definition) is 1. The van der Waals surface area contributed by atoms with Gasteiger partial charge in [0, 0.05) is 12.1 Å². The monoisotopic (exact) mass is 235 g/mol. The molecule has 0 bridgehead atoms. The number of rotatable bonds is 4. The fraction of sp³-hybridized carbons (Fsp3) is 0.917. The summed E-state index contributed by atoms with van der Waals surface area (Å²) in [6, 6.07) is -0.0809. The smallest absolute Gasteiger partial charge is 0.548 e. The molecule has 1 aliphatic rings. The van der Waals surface area contributed by atoms with E-state index < -0.39 is 12.0 Å². The summed E-state index contributed by atoms with van der Waals surface area (Å²) >= 11 is 0. The van der Waals surface area contributed by atoms with Gasteiger partial charge in [-0.2, -0.15) is 0 Å². The first-order chi connectivity index (χ1) is 7.24. The van der Waals surface area contributed by atoms with Crippen molar-refractivity contribution >= 4 is 5.97 Å². The van der Waals surface area contributed by atoms with Gasteiger partial charge in [0.1, 0.15) is 0 Å². The topological polar surface area (TPSA) is 52.2 Å². The normalized spacial score (nSPS) is 20.3. The molecule has 1 atom stereocenters. The predicted octanol–water partition coefficient (Wildman–Crippen LogP) is -1.78. The summed E-state index contributed by atoms with van der Waals surface area (Å²) in [5, 5.41) is 14.0. The SMILES string of the molecule is CCC(NC1CCCCCCC1)C(=O)[O-].[Na+]. The summed E-state index contributed by atoms with van der Waals surface area (Å²) in [4.78, 5) is 10.8. The van der Waals surface area contributed by atoms with Crippen LogP contribution in [0, 0.1) is 0 Å². The fourth-order valence-electron chi connectivity index (χ4n) is 2.26. The Bertz CT molecular complexity index is 191. The van der Waals surface area contributed by atoms with Gasteiger partial charge in [0.25, 0.3) is 0 Å². The molecule has 1 unspecified atom stereocenters. The Labute approximate surface area is 121 Å². The second-order valence-corrected chi connectivity index (χ2v) is 4.49. The molecule has 1 rings (SSSR count).